The van der Waals surface area contributed by atoms with Crippen molar-refractivity contribution in [3.63, 3.8) is 0 Å². The van der Waals surface area contributed by atoms with Crippen LogP contribution in [0.3, 0.4) is 0 Å². The van der Waals surface area contributed by atoms with Crippen molar-refractivity contribution in [2.75, 3.05) is 19.0 Å². The third-order valence-electron chi connectivity index (χ3n) is 3.44. The minimum Gasteiger partial charge on any atom is -0.493 e. The van der Waals surface area contributed by atoms with Gasteiger partial charge in [-0.25, -0.2) is 4.79 Å². The van der Waals surface area contributed by atoms with Gasteiger partial charge in [-0.05, 0) is 58.2 Å². The van der Waals surface area contributed by atoms with Crippen molar-refractivity contribution >= 4 is 39.2 Å². The molecule has 0 radical (unpaired) electrons. The molecule has 2 aromatic carbocycles. The zero-order valence-corrected chi connectivity index (χ0v) is 16.3. The van der Waals surface area contributed by atoms with E-state index >= 15 is 0 Å². The van der Waals surface area contributed by atoms with E-state index in [0.717, 1.165) is 16.5 Å². The second-order valence-corrected chi connectivity index (χ2v) is 6.57. The Kier molecular flexibility index (Phi) is 6.96. The van der Waals surface area contributed by atoms with Crippen LogP contribution in [0.15, 0.2) is 34.8 Å². The Balaban J connectivity index is 2.19. The Bertz CT molecular complexity index is 767. The molecule has 0 spiro atoms. The van der Waals surface area contributed by atoms with Gasteiger partial charge >= 0.3 is 5.97 Å². The first-order valence-corrected chi connectivity index (χ1v) is 8.89. The number of methoxy groups -OCH3 is 1. The van der Waals surface area contributed by atoms with Gasteiger partial charge < -0.3 is 19.9 Å². The van der Waals surface area contributed by atoms with Crippen LogP contribution in [0.2, 0.25) is 5.02 Å². The molecule has 0 atom stereocenters. The SMILES string of the molecule is CCCOc1c(Br)cc(CNc2cc(C(=O)O)ccc2Cl)cc1OC. The Morgan fingerprint density at radius 1 is 1.32 bits per heavy atom. The molecule has 0 saturated carbocycles. The number of anilines is 1. The van der Waals surface area contributed by atoms with Crippen molar-refractivity contribution in [2.45, 2.75) is 19.9 Å². The molecule has 0 aromatic heterocycles. The van der Waals surface area contributed by atoms with Crippen molar-refractivity contribution in [3.8, 4) is 11.5 Å². The van der Waals surface area contributed by atoms with E-state index in [1.165, 1.54) is 12.1 Å². The lowest BCUT2D eigenvalue weighted by Crippen LogP contribution is -2.04. The fraction of sp³-hybridized carbons (Fsp3) is 0.278. The number of carbonyl (C=O) groups is 1. The normalized spacial score (nSPS) is 10.4. The van der Waals surface area contributed by atoms with Gasteiger partial charge in [0.05, 0.1) is 34.5 Å². The zero-order valence-electron chi connectivity index (χ0n) is 13.9. The average Bonchev–Trinajstić information content (AvgIpc) is 2.59. The number of hydrogen-bond acceptors (Lipinski definition) is 4. The standard InChI is InChI=1S/C18H19BrClNO4/c1-3-6-25-17-13(19)7-11(8-16(17)24-2)10-21-15-9-12(18(22)23)4-5-14(15)20/h4-5,7-9,21H,3,6,10H2,1-2H3,(H,22,23). The first-order valence-electron chi connectivity index (χ1n) is 7.72. The molecule has 2 rings (SSSR count). The largest absolute Gasteiger partial charge is 0.493 e. The number of benzene rings is 2. The molecule has 0 amide bonds. The second kappa shape index (κ2) is 8.97. The molecule has 5 nitrogen and oxygen atoms in total. The van der Waals surface area contributed by atoms with Crippen molar-refractivity contribution in [1.82, 2.24) is 0 Å². The number of aromatic carboxylic acids is 1. The van der Waals surface area contributed by atoms with Crippen LogP contribution in [0, 0.1) is 0 Å². The second-order valence-electron chi connectivity index (χ2n) is 5.31. The molecule has 0 heterocycles. The molecule has 2 aromatic rings. The molecular weight excluding hydrogens is 410 g/mol. The molecular formula is C18H19BrClNO4. The predicted octanol–water partition coefficient (Wildman–Crippen LogP) is 5.21. The van der Waals surface area contributed by atoms with Crippen LogP contribution in [-0.2, 0) is 6.54 Å². The van der Waals surface area contributed by atoms with Crippen LogP contribution in [-0.4, -0.2) is 24.8 Å². The summed E-state index contributed by atoms with van der Waals surface area (Å²) in [6.45, 7) is 3.09. The number of halogens is 2. The number of nitrogens with one attached hydrogen (secondary N) is 1. The van der Waals surface area contributed by atoms with E-state index in [-0.39, 0.29) is 5.56 Å². The Morgan fingerprint density at radius 3 is 2.72 bits per heavy atom. The zero-order chi connectivity index (χ0) is 18.4. The lowest BCUT2D eigenvalue weighted by atomic mass is 10.1. The summed E-state index contributed by atoms with van der Waals surface area (Å²) in [5, 5.41) is 12.7. The molecule has 0 unspecified atom stereocenters. The molecule has 0 aliphatic heterocycles. The van der Waals surface area contributed by atoms with Gasteiger partial charge in [0, 0.05) is 6.54 Å². The van der Waals surface area contributed by atoms with Gasteiger partial charge in [0.15, 0.2) is 11.5 Å². The molecule has 2 N–H and O–H groups in total. The topological polar surface area (TPSA) is 67.8 Å². The van der Waals surface area contributed by atoms with Gasteiger partial charge in [-0.2, -0.15) is 0 Å². The van der Waals surface area contributed by atoms with Gasteiger partial charge in [0.2, 0.25) is 0 Å². The monoisotopic (exact) mass is 427 g/mol. The highest BCUT2D eigenvalue weighted by atomic mass is 79.9. The minimum absolute atomic E-state index is 0.175. The van der Waals surface area contributed by atoms with E-state index in [4.69, 9.17) is 26.2 Å². The molecule has 0 saturated heterocycles. The minimum atomic E-state index is -0.999. The van der Waals surface area contributed by atoms with E-state index in [0.29, 0.717) is 35.4 Å². The highest BCUT2D eigenvalue weighted by Gasteiger charge is 2.12. The van der Waals surface area contributed by atoms with E-state index in [1.807, 2.05) is 19.1 Å². The fourth-order valence-corrected chi connectivity index (χ4v) is 3.00. The first kappa shape index (κ1) is 19.4. The van der Waals surface area contributed by atoms with Crippen LogP contribution < -0.4 is 14.8 Å². The number of rotatable bonds is 8. The summed E-state index contributed by atoms with van der Waals surface area (Å²) in [5.74, 6) is 0.297. The number of ether oxygens (including phenoxy) is 2. The van der Waals surface area contributed by atoms with E-state index in [1.54, 1.807) is 13.2 Å². The molecule has 0 aliphatic carbocycles. The predicted molar refractivity (Wildman–Crippen MR) is 102 cm³/mol. The lowest BCUT2D eigenvalue weighted by molar-refractivity contribution is 0.0697. The molecule has 25 heavy (non-hydrogen) atoms. The maximum absolute atomic E-state index is 11.1. The number of carboxylic acids is 1. The van der Waals surface area contributed by atoms with E-state index in [9.17, 15) is 4.79 Å². The van der Waals surface area contributed by atoms with Crippen LogP contribution in [0.1, 0.15) is 29.3 Å². The van der Waals surface area contributed by atoms with Crippen molar-refractivity contribution in [2.24, 2.45) is 0 Å². The molecule has 0 fully saturated rings. The Hall–Kier alpha value is -1.92. The maximum Gasteiger partial charge on any atom is 0.335 e. The van der Waals surface area contributed by atoms with Crippen LogP contribution in [0.4, 0.5) is 5.69 Å². The summed E-state index contributed by atoms with van der Waals surface area (Å²) in [6.07, 6.45) is 0.900. The van der Waals surface area contributed by atoms with Crippen LogP contribution in [0.5, 0.6) is 11.5 Å². The first-order chi connectivity index (χ1) is 12.0. The quantitative estimate of drug-likeness (QED) is 0.604. The summed E-state index contributed by atoms with van der Waals surface area (Å²) < 4.78 is 11.9. The highest BCUT2D eigenvalue weighted by Crippen LogP contribution is 2.37. The Labute approximate surface area is 160 Å². The summed E-state index contributed by atoms with van der Waals surface area (Å²) in [7, 11) is 1.59. The highest BCUT2D eigenvalue weighted by molar-refractivity contribution is 9.10. The van der Waals surface area contributed by atoms with Crippen LogP contribution >= 0.6 is 27.5 Å². The number of carboxylic acid groups (broad SMARTS) is 1. The van der Waals surface area contributed by atoms with E-state index < -0.39 is 5.97 Å². The molecule has 7 heteroatoms. The van der Waals surface area contributed by atoms with Crippen molar-refractivity contribution in [1.29, 1.82) is 0 Å². The summed E-state index contributed by atoms with van der Waals surface area (Å²) in [5.41, 5.74) is 1.67. The van der Waals surface area contributed by atoms with Crippen molar-refractivity contribution in [3.05, 3.63) is 51.0 Å². The lowest BCUT2D eigenvalue weighted by Gasteiger charge is -2.15. The fourth-order valence-electron chi connectivity index (χ4n) is 2.21. The molecule has 0 aliphatic rings. The van der Waals surface area contributed by atoms with Gasteiger partial charge in [0.25, 0.3) is 0 Å². The van der Waals surface area contributed by atoms with Gasteiger partial charge in [-0.3, -0.25) is 0 Å². The maximum atomic E-state index is 11.1. The van der Waals surface area contributed by atoms with Gasteiger partial charge in [-0.1, -0.05) is 18.5 Å². The third-order valence-corrected chi connectivity index (χ3v) is 4.35. The molecule has 134 valence electrons. The smallest absolute Gasteiger partial charge is 0.335 e. The Morgan fingerprint density at radius 2 is 2.08 bits per heavy atom. The summed E-state index contributed by atoms with van der Waals surface area (Å²) in [4.78, 5) is 11.1. The van der Waals surface area contributed by atoms with Gasteiger partial charge in [-0.15, -0.1) is 0 Å². The summed E-state index contributed by atoms with van der Waals surface area (Å²) >= 11 is 9.63. The third kappa shape index (κ3) is 5.03. The van der Waals surface area contributed by atoms with Crippen LogP contribution in [0.25, 0.3) is 0 Å². The van der Waals surface area contributed by atoms with E-state index in [2.05, 4.69) is 21.2 Å². The average molecular weight is 429 g/mol. The summed E-state index contributed by atoms with van der Waals surface area (Å²) in [6, 6.07) is 8.34. The van der Waals surface area contributed by atoms with Crippen molar-refractivity contribution < 1.29 is 19.4 Å². The molecule has 0 bridgehead atoms. The number of hydrogen-bond donors (Lipinski definition) is 2. The van der Waals surface area contributed by atoms with Gasteiger partial charge in [0.1, 0.15) is 0 Å².